The Hall–Kier alpha value is -2.44. The van der Waals surface area contributed by atoms with Gasteiger partial charge in [0.1, 0.15) is 11.9 Å². The maximum Gasteiger partial charge on any atom is 0.134 e. The van der Waals surface area contributed by atoms with Crippen LogP contribution in [-0.2, 0) is 11.3 Å². The summed E-state index contributed by atoms with van der Waals surface area (Å²) in [6.07, 6.45) is 1.87. The zero-order valence-electron chi connectivity index (χ0n) is 16.5. The molecule has 1 fully saturated rings. The third-order valence-electron chi connectivity index (χ3n) is 5.60. The Morgan fingerprint density at radius 1 is 1.17 bits per heavy atom. The summed E-state index contributed by atoms with van der Waals surface area (Å²) in [5.41, 5.74) is 5.67. The lowest BCUT2D eigenvalue weighted by atomic mass is 10.1. The highest BCUT2D eigenvalue weighted by molar-refractivity contribution is 9.10. The topological polar surface area (TPSA) is 49.8 Å². The Kier molecular flexibility index (Phi) is 4.76. The van der Waals surface area contributed by atoms with Crippen molar-refractivity contribution in [3.8, 4) is 0 Å². The Bertz CT molecular complexity index is 1110. The van der Waals surface area contributed by atoms with E-state index in [1.165, 1.54) is 22.2 Å². The number of rotatable bonds is 2. The van der Waals surface area contributed by atoms with E-state index in [4.69, 9.17) is 9.73 Å². The molecular formula is C23H23BrN4O. The number of hydrogen-bond donors (Lipinski definition) is 1. The number of anilines is 1. The summed E-state index contributed by atoms with van der Waals surface area (Å²) in [7, 11) is 0. The predicted octanol–water partition coefficient (Wildman–Crippen LogP) is 4.73. The van der Waals surface area contributed by atoms with Crippen LogP contribution in [0.2, 0.25) is 0 Å². The number of aromatic nitrogens is 1. The molecule has 5 rings (SSSR count). The quantitative estimate of drug-likeness (QED) is 0.612. The monoisotopic (exact) mass is 450 g/mol. The first kappa shape index (κ1) is 18.6. The van der Waals surface area contributed by atoms with Crippen LogP contribution in [0.4, 0.5) is 11.4 Å². The second-order valence-corrected chi connectivity index (χ2v) is 8.68. The highest BCUT2D eigenvalue weighted by atomic mass is 79.9. The maximum atomic E-state index is 6.30. The summed E-state index contributed by atoms with van der Waals surface area (Å²) in [6, 6.07) is 14.8. The highest BCUT2D eigenvalue weighted by Crippen LogP contribution is 2.32. The summed E-state index contributed by atoms with van der Waals surface area (Å²) in [5, 5.41) is 4.66. The van der Waals surface area contributed by atoms with Gasteiger partial charge < -0.3 is 15.0 Å². The summed E-state index contributed by atoms with van der Waals surface area (Å²) in [6.45, 7) is 6.61. The van der Waals surface area contributed by atoms with Gasteiger partial charge in [-0.25, -0.2) is 4.99 Å². The second-order valence-electron chi connectivity index (χ2n) is 7.77. The number of ether oxygens (including phenoxy) is 1. The van der Waals surface area contributed by atoms with Crippen molar-refractivity contribution in [2.45, 2.75) is 32.6 Å². The molecule has 29 heavy (non-hydrogen) atoms. The number of aliphatic imine (C=N–C) groups is 1. The van der Waals surface area contributed by atoms with Gasteiger partial charge in [-0.15, -0.1) is 0 Å². The van der Waals surface area contributed by atoms with Crippen molar-refractivity contribution in [2.75, 3.05) is 18.0 Å². The minimum Gasteiger partial charge on any atom is -0.367 e. The molecule has 0 saturated carbocycles. The molecule has 148 valence electrons. The zero-order valence-corrected chi connectivity index (χ0v) is 18.1. The van der Waals surface area contributed by atoms with Gasteiger partial charge in [0.25, 0.3) is 0 Å². The molecule has 5 nitrogen and oxygen atoms in total. The zero-order chi connectivity index (χ0) is 20.0. The average molecular weight is 451 g/mol. The minimum atomic E-state index is -0.0982. The lowest BCUT2D eigenvalue weighted by molar-refractivity contribution is 0.0188. The van der Waals surface area contributed by atoms with Crippen LogP contribution in [0.25, 0.3) is 10.9 Å². The molecule has 2 aliphatic rings. The predicted molar refractivity (Wildman–Crippen MR) is 121 cm³/mol. The third kappa shape index (κ3) is 3.51. The summed E-state index contributed by atoms with van der Waals surface area (Å²) in [4.78, 5) is 11.9. The van der Waals surface area contributed by atoms with Crippen molar-refractivity contribution in [2.24, 2.45) is 4.99 Å². The molecule has 0 amide bonds. The van der Waals surface area contributed by atoms with Crippen LogP contribution in [0.5, 0.6) is 0 Å². The van der Waals surface area contributed by atoms with Crippen LogP contribution in [-0.4, -0.2) is 36.1 Å². The normalized spacial score (nSPS) is 21.5. The van der Waals surface area contributed by atoms with E-state index in [-0.39, 0.29) is 12.2 Å². The smallest absolute Gasteiger partial charge is 0.134 e. The molecule has 2 atom stereocenters. The molecule has 3 heterocycles. The van der Waals surface area contributed by atoms with Crippen molar-refractivity contribution >= 4 is 44.0 Å². The van der Waals surface area contributed by atoms with Gasteiger partial charge in [-0.2, -0.15) is 0 Å². The van der Waals surface area contributed by atoms with E-state index in [0.717, 1.165) is 41.1 Å². The molecule has 1 N–H and O–H groups in total. The molecule has 0 aliphatic carbocycles. The minimum absolute atomic E-state index is 0.0982. The summed E-state index contributed by atoms with van der Waals surface area (Å²) < 4.78 is 7.34. The van der Waals surface area contributed by atoms with Crippen molar-refractivity contribution < 1.29 is 4.74 Å². The molecule has 0 radical (unpaired) electrons. The van der Waals surface area contributed by atoms with Gasteiger partial charge in [0.15, 0.2) is 0 Å². The number of pyridine rings is 1. The molecule has 6 heteroatoms. The molecule has 2 unspecified atom stereocenters. The fourth-order valence-electron chi connectivity index (χ4n) is 4.21. The number of morpholine rings is 1. The number of amidine groups is 1. The van der Waals surface area contributed by atoms with E-state index in [0.29, 0.717) is 0 Å². The van der Waals surface area contributed by atoms with E-state index < -0.39 is 0 Å². The average Bonchev–Trinajstić information content (AvgIpc) is 2.73. The molecule has 1 saturated heterocycles. The van der Waals surface area contributed by atoms with Crippen molar-refractivity contribution in [1.82, 2.24) is 10.3 Å². The fourth-order valence-corrected chi connectivity index (χ4v) is 4.55. The van der Waals surface area contributed by atoms with Crippen molar-refractivity contribution in [3.05, 3.63) is 64.3 Å². The van der Waals surface area contributed by atoms with Crippen LogP contribution in [0, 0.1) is 6.92 Å². The molecule has 3 aromatic rings. The third-order valence-corrected chi connectivity index (χ3v) is 6.10. The number of aryl methyl sites for hydroxylation is 1. The van der Waals surface area contributed by atoms with Crippen LogP contribution in [0.1, 0.15) is 18.1 Å². The van der Waals surface area contributed by atoms with Gasteiger partial charge in [0.05, 0.1) is 23.9 Å². The van der Waals surface area contributed by atoms with Gasteiger partial charge in [0.2, 0.25) is 0 Å². The van der Waals surface area contributed by atoms with Gasteiger partial charge >= 0.3 is 0 Å². The SMILES string of the molecule is Cc1ccc(N2CC(C)OC(C3=Nc4cc(Br)ccc4CN3)C2)c2cccnc12. The molecule has 1 aromatic heterocycles. The largest absolute Gasteiger partial charge is 0.367 e. The standard InChI is InChI=1S/C23H23BrN4O/c1-14-5-8-20(18-4-3-9-25-22(14)18)28-12-15(2)29-21(13-28)23-26-11-16-6-7-17(24)10-19(16)27-23/h3-10,15,21H,11-13H2,1-2H3,(H,26,27). The summed E-state index contributed by atoms with van der Waals surface area (Å²) in [5.74, 6) is 0.904. The number of fused-ring (bicyclic) bond motifs is 2. The van der Waals surface area contributed by atoms with E-state index in [1.54, 1.807) is 0 Å². The van der Waals surface area contributed by atoms with Gasteiger partial charge in [0, 0.05) is 34.8 Å². The number of hydrogen-bond acceptors (Lipinski definition) is 5. The lowest BCUT2D eigenvalue weighted by Crippen LogP contribution is -2.53. The lowest BCUT2D eigenvalue weighted by Gasteiger charge is -2.39. The molecule has 0 spiro atoms. The molecule has 0 bridgehead atoms. The molecule has 2 aromatic carbocycles. The first-order valence-corrected chi connectivity index (χ1v) is 10.7. The van der Waals surface area contributed by atoms with E-state index in [1.807, 2.05) is 12.3 Å². The Labute approximate surface area is 178 Å². The second kappa shape index (κ2) is 7.43. The highest BCUT2D eigenvalue weighted by Gasteiger charge is 2.31. The van der Waals surface area contributed by atoms with Crippen molar-refractivity contribution in [1.29, 1.82) is 0 Å². The molecular weight excluding hydrogens is 428 g/mol. The number of nitrogens with zero attached hydrogens (tertiary/aromatic N) is 3. The Balaban J connectivity index is 1.49. The summed E-state index contributed by atoms with van der Waals surface area (Å²) >= 11 is 3.55. The first-order chi connectivity index (χ1) is 14.1. The van der Waals surface area contributed by atoms with Gasteiger partial charge in [-0.3, -0.25) is 4.98 Å². The number of benzene rings is 2. The molecule has 2 aliphatic heterocycles. The van der Waals surface area contributed by atoms with Crippen LogP contribution in [0.15, 0.2) is 58.1 Å². The van der Waals surface area contributed by atoms with E-state index in [9.17, 15) is 0 Å². The first-order valence-electron chi connectivity index (χ1n) is 9.94. The fraction of sp³-hybridized carbons (Fsp3) is 0.304. The van der Waals surface area contributed by atoms with Gasteiger partial charge in [-0.05, 0) is 55.3 Å². The van der Waals surface area contributed by atoms with E-state index in [2.05, 4.69) is 81.4 Å². The van der Waals surface area contributed by atoms with Crippen LogP contribution < -0.4 is 10.2 Å². The van der Waals surface area contributed by atoms with Crippen LogP contribution >= 0.6 is 15.9 Å². The number of halogens is 1. The van der Waals surface area contributed by atoms with Crippen molar-refractivity contribution in [3.63, 3.8) is 0 Å². The Morgan fingerprint density at radius 2 is 2.07 bits per heavy atom. The van der Waals surface area contributed by atoms with E-state index >= 15 is 0 Å². The van der Waals surface area contributed by atoms with Crippen LogP contribution in [0.3, 0.4) is 0 Å². The Morgan fingerprint density at radius 3 is 2.97 bits per heavy atom. The maximum absolute atomic E-state index is 6.30. The number of nitrogens with one attached hydrogen (secondary N) is 1. The van der Waals surface area contributed by atoms with Gasteiger partial charge in [-0.1, -0.05) is 28.1 Å².